The number of fused-ring (bicyclic) bond motifs is 1. The van der Waals surface area contributed by atoms with Crippen LogP contribution >= 0.6 is 15.9 Å². The van der Waals surface area contributed by atoms with Gasteiger partial charge in [-0.25, -0.2) is 14.3 Å². The summed E-state index contributed by atoms with van der Waals surface area (Å²) in [5.74, 6) is -2.57. The third-order valence-corrected chi connectivity index (χ3v) is 3.60. The molecule has 23 heavy (non-hydrogen) atoms. The summed E-state index contributed by atoms with van der Waals surface area (Å²) in [6.07, 6.45) is -1.77. The lowest BCUT2D eigenvalue weighted by molar-refractivity contribution is -0.141. The average Bonchev–Trinajstić information content (AvgIpc) is 3.10. The van der Waals surface area contributed by atoms with Crippen molar-refractivity contribution in [2.75, 3.05) is 7.11 Å². The second-order valence-electron chi connectivity index (χ2n) is 4.42. The summed E-state index contributed by atoms with van der Waals surface area (Å²) in [5, 5.41) is 4.02. The van der Waals surface area contributed by atoms with E-state index in [-0.39, 0.29) is 11.5 Å². The van der Waals surface area contributed by atoms with Crippen molar-refractivity contribution in [2.24, 2.45) is 0 Å². The van der Waals surface area contributed by atoms with Gasteiger partial charge in [0.15, 0.2) is 5.69 Å². The SMILES string of the molecule is COC(=O)c1oc(-c2ccn3ncc(Br)c3c2)nc1C(F)(F)F. The molecule has 0 spiro atoms. The zero-order chi connectivity index (χ0) is 16.8. The Bertz CT molecular complexity index is 901. The predicted molar refractivity (Wildman–Crippen MR) is 74.7 cm³/mol. The number of methoxy groups -OCH3 is 1. The maximum atomic E-state index is 13.0. The second kappa shape index (κ2) is 5.37. The van der Waals surface area contributed by atoms with Crippen molar-refractivity contribution in [2.45, 2.75) is 6.18 Å². The van der Waals surface area contributed by atoms with Gasteiger partial charge in [-0.1, -0.05) is 0 Å². The molecule has 0 atom stereocenters. The van der Waals surface area contributed by atoms with Crippen LogP contribution in [0.2, 0.25) is 0 Å². The van der Waals surface area contributed by atoms with E-state index in [4.69, 9.17) is 4.42 Å². The summed E-state index contributed by atoms with van der Waals surface area (Å²) in [4.78, 5) is 14.9. The summed E-state index contributed by atoms with van der Waals surface area (Å²) in [7, 11) is 0.958. The monoisotopic (exact) mass is 389 g/mol. The molecule has 0 aliphatic heterocycles. The van der Waals surface area contributed by atoms with Gasteiger partial charge in [0.1, 0.15) is 0 Å². The summed E-state index contributed by atoms with van der Waals surface area (Å²) < 4.78 is 50.4. The van der Waals surface area contributed by atoms with E-state index in [1.165, 1.54) is 29.0 Å². The lowest BCUT2D eigenvalue weighted by Gasteiger charge is -2.02. The first-order valence-corrected chi connectivity index (χ1v) is 6.90. The summed E-state index contributed by atoms with van der Waals surface area (Å²) in [6, 6.07) is 3.00. The molecule has 0 saturated carbocycles. The van der Waals surface area contributed by atoms with Crippen molar-refractivity contribution in [1.82, 2.24) is 14.6 Å². The molecule has 0 N–H and O–H groups in total. The molecular formula is C13H7BrF3N3O3. The lowest BCUT2D eigenvalue weighted by Crippen LogP contribution is -2.13. The summed E-state index contributed by atoms with van der Waals surface area (Å²) >= 11 is 3.27. The van der Waals surface area contributed by atoms with Crippen molar-refractivity contribution < 1.29 is 27.1 Å². The Hall–Kier alpha value is -2.36. The van der Waals surface area contributed by atoms with Gasteiger partial charge in [-0.05, 0) is 28.1 Å². The van der Waals surface area contributed by atoms with E-state index in [1.807, 2.05) is 0 Å². The molecule has 0 unspecified atom stereocenters. The molecule has 0 aliphatic carbocycles. The Labute approximate surface area is 135 Å². The molecule has 120 valence electrons. The highest BCUT2D eigenvalue weighted by Gasteiger charge is 2.41. The number of rotatable bonds is 2. The van der Waals surface area contributed by atoms with E-state index in [1.54, 1.807) is 0 Å². The fourth-order valence-electron chi connectivity index (χ4n) is 1.95. The van der Waals surface area contributed by atoms with Crippen LogP contribution in [-0.2, 0) is 10.9 Å². The van der Waals surface area contributed by atoms with Gasteiger partial charge < -0.3 is 9.15 Å². The van der Waals surface area contributed by atoms with Crippen molar-refractivity contribution in [1.29, 1.82) is 0 Å². The zero-order valence-electron chi connectivity index (χ0n) is 11.4. The number of hydrogen-bond donors (Lipinski definition) is 0. The van der Waals surface area contributed by atoms with Gasteiger partial charge in [-0.3, -0.25) is 0 Å². The van der Waals surface area contributed by atoms with E-state index in [9.17, 15) is 18.0 Å². The van der Waals surface area contributed by atoms with Gasteiger partial charge in [0.2, 0.25) is 11.7 Å². The van der Waals surface area contributed by atoms with E-state index in [0.29, 0.717) is 9.99 Å². The van der Waals surface area contributed by atoms with Crippen molar-refractivity contribution in [3.05, 3.63) is 40.5 Å². The van der Waals surface area contributed by atoms with Crippen LogP contribution in [0.4, 0.5) is 13.2 Å². The molecule has 0 aliphatic rings. The molecule has 0 radical (unpaired) electrons. The topological polar surface area (TPSA) is 69.6 Å². The minimum absolute atomic E-state index is 0.263. The minimum atomic E-state index is -4.84. The van der Waals surface area contributed by atoms with Crippen LogP contribution < -0.4 is 0 Å². The van der Waals surface area contributed by atoms with Gasteiger partial charge in [0.25, 0.3) is 0 Å². The van der Waals surface area contributed by atoms with Crippen LogP contribution in [0, 0.1) is 0 Å². The number of hydrogen-bond acceptors (Lipinski definition) is 5. The molecule has 0 amide bonds. The Morgan fingerprint density at radius 3 is 2.83 bits per heavy atom. The molecule has 0 bridgehead atoms. The molecular weight excluding hydrogens is 383 g/mol. The standard InChI is InChI=1S/C13H7BrF3N3O3/c1-22-12(21)9-10(13(15,16)17)19-11(23-9)6-2-3-20-8(4-6)7(14)5-18-20/h2-5H,1H3. The average molecular weight is 390 g/mol. The Morgan fingerprint density at radius 1 is 1.43 bits per heavy atom. The number of aromatic nitrogens is 3. The van der Waals surface area contributed by atoms with Crippen LogP contribution in [0.1, 0.15) is 16.2 Å². The Morgan fingerprint density at radius 2 is 2.17 bits per heavy atom. The van der Waals surface area contributed by atoms with Crippen LogP contribution in [0.15, 0.2) is 33.4 Å². The highest BCUT2D eigenvalue weighted by Crippen LogP contribution is 2.35. The number of carbonyl (C=O) groups excluding carboxylic acids is 1. The third kappa shape index (κ3) is 2.69. The molecule has 6 nitrogen and oxygen atoms in total. The van der Waals surface area contributed by atoms with Crippen molar-refractivity contribution in [3.8, 4) is 11.5 Å². The van der Waals surface area contributed by atoms with Gasteiger partial charge in [-0.15, -0.1) is 0 Å². The maximum Gasteiger partial charge on any atom is 0.437 e. The highest BCUT2D eigenvalue weighted by atomic mass is 79.9. The number of halogens is 4. The molecule has 0 saturated heterocycles. The van der Waals surface area contributed by atoms with Crippen LogP contribution in [0.5, 0.6) is 0 Å². The second-order valence-corrected chi connectivity index (χ2v) is 5.28. The smallest absolute Gasteiger partial charge is 0.437 e. The first kappa shape index (κ1) is 15.5. The van der Waals surface area contributed by atoms with Crippen molar-refractivity contribution in [3.63, 3.8) is 0 Å². The molecule has 0 fully saturated rings. The first-order valence-electron chi connectivity index (χ1n) is 6.11. The summed E-state index contributed by atoms with van der Waals surface area (Å²) in [6.45, 7) is 0. The van der Waals surface area contributed by atoms with E-state index >= 15 is 0 Å². The highest BCUT2D eigenvalue weighted by molar-refractivity contribution is 9.10. The predicted octanol–water partition coefficient (Wildman–Crippen LogP) is 3.56. The zero-order valence-corrected chi connectivity index (χ0v) is 13.0. The number of esters is 1. The number of pyridine rings is 1. The normalized spacial score (nSPS) is 11.9. The molecule has 10 heteroatoms. The van der Waals surface area contributed by atoms with Crippen LogP contribution in [0.25, 0.3) is 17.0 Å². The number of ether oxygens (including phenoxy) is 1. The van der Waals surface area contributed by atoms with Gasteiger partial charge >= 0.3 is 12.1 Å². The number of nitrogens with zero attached hydrogens (tertiary/aromatic N) is 3. The van der Waals surface area contributed by atoms with Gasteiger partial charge in [-0.2, -0.15) is 18.3 Å². The number of alkyl halides is 3. The van der Waals surface area contributed by atoms with Gasteiger partial charge in [0.05, 0.1) is 23.3 Å². The van der Waals surface area contributed by atoms with Gasteiger partial charge in [0, 0.05) is 11.8 Å². The van der Waals surface area contributed by atoms with E-state index in [0.717, 1.165) is 7.11 Å². The Kier molecular flexibility index (Phi) is 3.63. The first-order chi connectivity index (χ1) is 10.8. The number of oxazole rings is 1. The molecule has 3 heterocycles. The molecule has 3 rings (SSSR count). The Balaban J connectivity index is 2.16. The maximum absolute atomic E-state index is 13.0. The fraction of sp³-hybridized carbons (Fsp3) is 0.154. The fourth-order valence-corrected chi connectivity index (χ4v) is 2.34. The molecule has 3 aromatic rings. The van der Waals surface area contributed by atoms with E-state index in [2.05, 4.69) is 30.7 Å². The van der Waals surface area contributed by atoms with Crippen molar-refractivity contribution >= 4 is 27.4 Å². The quantitative estimate of drug-likeness (QED) is 0.626. The molecule has 0 aromatic carbocycles. The summed E-state index contributed by atoms with van der Waals surface area (Å²) in [5.41, 5.74) is -0.556. The largest absolute Gasteiger partial charge is 0.463 e. The minimum Gasteiger partial charge on any atom is -0.463 e. The lowest BCUT2D eigenvalue weighted by atomic mass is 10.2. The third-order valence-electron chi connectivity index (χ3n) is 2.99. The van der Waals surface area contributed by atoms with E-state index < -0.39 is 23.6 Å². The van der Waals surface area contributed by atoms with Crippen LogP contribution in [-0.4, -0.2) is 27.7 Å². The number of carbonyl (C=O) groups is 1. The molecule has 3 aromatic heterocycles. The van der Waals surface area contributed by atoms with Crippen LogP contribution in [0.3, 0.4) is 0 Å².